The smallest absolute Gasteiger partial charge is 0.111 e. The highest BCUT2D eigenvalue weighted by Gasteiger charge is 2.05. The van der Waals surface area contributed by atoms with Gasteiger partial charge in [0.25, 0.3) is 0 Å². The Morgan fingerprint density at radius 3 is 1.50 bits per heavy atom. The van der Waals surface area contributed by atoms with Gasteiger partial charge in [-0.1, -0.05) is 90.4 Å². The minimum absolute atomic E-state index is 0.151. The molecule has 0 spiro atoms. The van der Waals surface area contributed by atoms with Gasteiger partial charge >= 0.3 is 0 Å². The monoisotopic (exact) mass is 315 g/mol. The van der Waals surface area contributed by atoms with E-state index in [0.29, 0.717) is 6.61 Å². The van der Waals surface area contributed by atoms with Gasteiger partial charge in [-0.15, -0.1) is 0 Å². The molecule has 0 saturated carbocycles. The molecule has 0 heterocycles. The molecule has 0 aliphatic carbocycles. The predicted octanol–water partition coefficient (Wildman–Crippen LogP) is 5.28. The summed E-state index contributed by atoms with van der Waals surface area (Å²) in [6, 6.07) is 0. The zero-order valence-electron chi connectivity index (χ0n) is 14.9. The largest absolute Gasteiger partial charge is 0.394 e. The summed E-state index contributed by atoms with van der Waals surface area (Å²) < 4.78 is 5.28. The highest BCUT2D eigenvalue weighted by molar-refractivity contribution is 4.52. The van der Waals surface area contributed by atoms with Gasteiger partial charge in [0.05, 0.1) is 6.61 Å². The van der Waals surface area contributed by atoms with Crippen LogP contribution in [0.4, 0.5) is 0 Å². The normalized spacial score (nSPS) is 11.5. The van der Waals surface area contributed by atoms with E-state index in [4.69, 9.17) is 9.84 Å². The number of hydrogen-bond donors (Lipinski definition) is 1. The van der Waals surface area contributed by atoms with E-state index in [9.17, 15) is 5.11 Å². The van der Waals surface area contributed by atoms with Crippen LogP contribution in [0.1, 0.15) is 96.8 Å². The zero-order valence-corrected chi connectivity index (χ0v) is 14.9. The van der Waals surface area contributed by atoms with Crippen LogP contribution >= 0.6 is 0 Å². The molecule has 0 bridgehead atoms. The van der Waals surface area contributed by atoms with Crippen molar-refractivity contribution < 1.29 is 14.9 Å². The summed E-state index contributed by atoms with van der Waals surface area (Å²) in [6.07, 6.45) is 18.3. The third-order valence-electron chi connectivity index (χ3n) is 4.24. The third kappa shape index (κ3) is 16.3. The molecule has 1 radical (unpaired) electrons. The fourth-order valence-electron chi connectivity index (χ4n) is 2.70. The molecule has 1 atom stereocenters. The van der Waals surface area contributed by atoms with Crippen LogP contribution in [-0.4, -0.2) is 31.0 Å². The summed E-state index contributed by atoms with van der Waals surface area (Å²) in [6.45, 7) is 2.40. The van der Waals surface area contributed by atoms with E-state index in [1.807, 2.05) is 0 Å². The van der Waals surface area contributed by atoms with E-state index in [-0.39, 0.29) is 13.2 Å². The predicted molar refractivity (Wildman–Crippen MR) is 92.7 cm³/mol. The summed E-state index contributed by atoms with van der Waals surface area (Å²) in [4.78, 5) is 0. The van der Waals surface area contributed by atoms with Crippen molar-refractivity contribution in [3.05, 3.63) is 0 Å². The minimum atomic E-state index is -0.498. The fourth-order valence-corrected chi connectivity index (χ4v) is 2.70. The average molecular weight is 316 g/mol. The minimum Gasteiger partial charge on any atom is -0.394 e. The first-order valence-electron chi connectivity index (χ1n) is 9.65. The maximum atomic E-state index is 10.6. The fraction of sp³-hybridized carbons (Fsp3) is 1.00. The van der Waals surface area contributed by atoms with Gasteiger partial charge in [0, 0.05) is 6.61 Å². The molecule has 0 rings (SSSR count). The van der Waals surface area contributed by atoms with E-state index in [0.717, 1.165) is 6.42 Å². The molecule has 0 aromatic carbocycles. The Morgan fingerprint density at radius 1 is 0.727 bits per heavy atom. The number of hydrogen-bond acceptors (Lipinski definition) is 2. The van der Waals surface area contributed by atoms with Crippen LogP contribution in [0.15, 0.2) is 0 Å². The zero-order chi connectivity index (χ0) is 16.3. The second kappa shape index (κ2) is 18.9. The number of aliphatic hydroxyl groups is 1. The molecule has 0 aliphatic rings. The molecule has 0 saturated heterocycles. The van der Waals surface area contributed by atoms with E-state index < -0.39 is 6.10 Å². The molecule has 3 nitrogen and oxygen atoms in total. The third-order valence-corrected chi connectivity index (χ3v) is 4.24. The van der Waals surface area contributed by atoms with E-state index in [1.165, 1.54) is 83.5 Å². The average Bonchev–Trinajstić information content (AvgIpc) is 2.55. The topological polar surface area (TPSA) is 49.4 Å². The van der Waals surface area contributed by atoms with Gasteiger partial charge in [0.2, 0.25) is 0 Å². The lowest BCUT2D eigenvalue weighted by molar-refractivity contribution is -0.0380. The Balaban J connectivity index is 3.02. The molecule has 1 N–H and O–H groups in total. The molecule has 22 heavy (non-hydrogen) atoms. The standard InChI is InChI=1S/C19H39O3/c1-2-3-4-5-6-7-8-9-10-11-12-13-14-15-16-22-19(17-20)18-21/h19-20H,2-18H2,1H3. The summed E-state index contributed by atoms with van der Waals surface area (Å²) in [5.41, 5.74) is 0. The summed E-state index contributed by atoms with van der Waals surface area (Å²) in [7, 11) is 0. The maximum Gasteiger partial charge on any atom is 0.111 e. The molecule has 0 aromatic heterocycles. The van der Waals surface area contributed by atoms with E-state index >= 15 is 0 Å². The second-order valence-corrected chi connectivity index (χ2v) is 6.44. The first-order chi connectivity index (χ1) is 10.8. The Kier molecular flexibility index (Phi) is 18.8. The lowest BCUT2D eigenvalue weighted by atomic mass is 10.0. The van der Waals surface area contributed by atoms with Crippen LogP contribution in [0.25, 0.3) is 0 Å². The van der Waals surface area contributed by atoms with Crippen LogP contribution in [0.3, 0.4) is 0 Å². The quantitative estimate of drug-likeness (QED) is 0.350. The summed E-state index contributed by atoms with van der Waals surface area (Å²) in [5.74, 6) is 0. The van der Waals surface area contributed by atoms with Gasteiger partial charge in [0.1, 0.15) is 12.7 Å². The molecule has 3 heteroatoms. The summed E-state index contributed by atoms with van der Waals surface area (Å²) >= 11 is 0. The van der Waals surface area contributed by atoms with E-state index in [1.54, 1.807) is 0 Å². The SMILES string of the molecule is CCCCCCCCCCCCCCCCOC(C[O])CO. The Morgan fingerprint density at radius 2 is 1.14 bits per heavy atom. The second-order valence-electron chi connectivity index (χ2n) is 6.44. The lowest BCUT2D eigenvalue weighted by Crippen LogP contribution is -2.21. The van der Waals surface area contributed by atoms with E-state index in [2.05, 4.69) is 6.92 Å². The summed E-state index contributed by atoms with van der Waals surface area (Å²) in [5, 5.41) is 19.4. The van der Waals surface area contributed by atoms with Crippen LogP contribution in [-0.2, 0) is 9.84 Å². The highest BCUT2D eigenvalue weighted by Crippen LogP contribution is 2.13. The van der Waals surface area contributed by atoms with Gasteiger partial charge in [0.15, 0.2) is 0 Å². The van der Waals surface area contributed by atoms with Crippen molar-refractivity contribution in [1.82, 2.24) is 0 Å². The van der Waals surface area contributed by atoms with Crippen molar-refractivity contribution in [2.75, 3.05) is 19.8 Å². The van der Waals surface area contributed by atoms with Gasteiger partial charge in [-0.3, -0.25) is 0 Å². The van der Waals surface area contributed by atoms with Crippen LogP contribution in [0.5, 0.6) is 0 Å². The molecular weight excluding hydrogens is 276 g/mol. The number of unbranched alkanes of at least 4 members (excludes halogenated alkanes) is 13. The number of rotatable bonds is 18. The highest BCUT2D eigenvalue weighted by atomic mass is 16.5. The van der Waals surface area contributed by atoms with Crippen molar-refractivity contribution in [1.29, 1.82) is 0 Å². The van der Waals surface area contributed by atoms with Gasteiger partial charge in [-0.2, -0.15) is 0 Å². The van der Waals surface area contributed by atoms with Crippen molar-refractivity contribution in [3.63, 3.8) is 0 Å². The first-order valence-corrected chi connectivity index (χ1v) is 9.65. The van der Waals surface area contributed by atoms with Crippen LogP contribution in [0.2, 0.25) is 0 Å². The Labute approximate surface area is 138 Å². The molecule has 0 aliphatic heterocycles. The Hall–Kier alpha value is -0.120. The number of aliphatic hydroxyl groups excluding tert-OH is 1. The molecular formula is C19H39O3. The van der Waals surface area contributed by atoms with Crippen molar-refractivity contribution in [3.8, 4) is 0 Å². The van der Waals surface area contributed by atoms with Crippen molar-refractivity contribution >= 4 is 0 Å². The molecule has 0 aromatic rings. The maximum absolute atomic E-state index is 10.6. The van der Waals surface area contributed by atoms with Gasteiger partial charge < -0.3 is 9.84 Å². The van der Waals surface area contributed by atoms with Crippen LogP contribution in [0, 0.1) is 0 Å². The van der Waals surface area contributed by atoms with Gasteiger partial charge in [-0.25, -0.2) is 5.11 Å². The molecule has 133 valence electrons. The van der Waals surface area contributed by atoms with Crippen molar-refractivity contribution in [2.24, 2.45) is 0 Å². The number of ether oxygens (including phenoxy) is 1. The van der Waals surface area contributed by atoms with Crippen molar-refractivity contribution in [2.45, 2.75) is 103 Å². The first kappa shape index (κ1) is 21.9. The van der Waals surface area contributed by atoms with Crippen LogP contribution < -0.4 is 0 Å². The lowest BCUT2D eigenvalue weighted by Gasteiger charge is -2.11. The molecule has 0 fully saturated rings. The van der Waals surface area contributed by atoms with Gasteiger partial charge in [-0.05, 0) is 6.42 Å². The molecule has 1 unspecified atom stereocenters. The Bertz CT molecular complexity index is 193. The molecule has 0 amide bonds.